The number of hydrogen-bond acceptors (Lipinski definition) is 2. The molecule has 0 saturated heterocycles. The summed E-state index contributed by atoms with van der Waals surface area (Å²) >= 11 is 1.83. The summed E-state index contributed by atoms with van der Waals surface area (Å²) in [4.78, 5) is 10.7. The van der Waals surface area contributed by atoms with Crippen molar-refractivity contribution in [2.24, 2.45) is 0 Å². The Labute approximate surface area is 67.6 Å². The van der Waals surface area contributed by atoms with Crippen molar-refractivity contribution in [3.8, 4) is 0 Å². The van der Waals surface area contributed by atoms with Gasteiger partial charge >= 0.3 is 0 Å². The van der Waals surface area contributed by atoms with Crippen LogP contribution in [0.2, 0.25) is 0 Å². The minimum atomic E-state index is 0.293. The number of hydrogen-bond donors (Lipinski definition) is 0. The Hall–Kier alpha value is 0.0200. The minimum Gasteiger partial charge on any atom is -0.300 e. The van der Waals surface area contributed by atoms with Crippen molar-refractivity contribution < 1.29 is 4.79 Å². The highest BCUT2D eigenvalue weighted by Gasteiger charge is 1.96. The molecule has 0 unspecified atom stereocenters. The zero-order valence-electron chi connectivity index (χ0n) is 6.56. The van der Waals surface area contributed by atoms with Gasteiger partial charge in [0.2, 0.25) is 0 Å². The van der Waals surface area contributed by atoms with Crippen LogP contribution in [0, 0.1) is 6.92 Å². The summed E-state index contributed by atoms with van der Waals surface area (Å²) in [5.74, 6) is 1.46. The van der Waals surface area contributed by atoms with Gasteiger partial charge in [-0.25, -0.2) is 0 Å². The van der Waals surface area contributed by atoms with Crippen molar-refractivity contribution in [3.05, 3.63) is 6.92 Å². The monoisotopic (exact) mass is 159 g/mol. The van der Waals surface area contributed by atoms with Crippen LogP contribution in [0.3, 0.4) is 0 Å². The molecule has 0 amide bonds. The molecule has 0 spiro atoms. The van der Waals surface area contributed by atoms with Gasteiger partial charge in [-0.3, -0.25) is 4.79 Å². The van der Waals surface area contributed by atoms with E-state index in [1.165, 1.54) is 5.75 Å². The van der Waals surface area contributed by atoms with Gasteiger partial charge in [0.05, 0.1) is 0 Å². The van der Waals surface area contributed by atoms with Crippen molar-refractivity contribution in [1.82, 2.24) is 0 Å². The average Bonchev–Trinajstić information content (AvgIpc) is 1.98. The number of carbonyl (C=O) groups excluding carboxylic acids is 1. The normalized spacial score (nSPS) is 9.80. The molecule has 0 heterocycles. The third-order valence-corrected chi connectivity index (χ3v) is 2.03. The zero-order chi connectivity index (χ0) is 7.82. The first-order valence-electron chi connectivity index (χ1n) is 3.61. The standard InChI is InChI=1S/C8H15OS/c1-3-8(9)6-4-5-7-10-2/h1,3-7H2,2H3. The Kier molecular flexibility index (Phi) is 7.15. The van der Waals surface area contributed by atoms with E-state index in [9.17, 15) is 4.79 Å². The molecule has 10 heavy (non-hydrogen) atoms. The lowest BCUT2D eigenvalue weighted by Crippen LogP contribution is -1.94. The van der Waals surface area contributed by atoms with E-state index in [4.69, 9.17) is 0 Å². The highest BCUT2D eigenvalue weighted by Crippen LogP contribution is 2.03. The van der Waals surface area contributed by atoms with Crippen molar-refractivity contribution >= 4 is 17.5 Å². The van der Waals surface area contributed by atoms with E-state index in [1.54, 1.807) is 0 Å². The quantitative estimate of drug-likeness (QED) is 0.553. The SMILES string of the molecule is [CH2]CC(=O)CCCCSC. The summed E-state index contributed by atoms with van der Waals surface area (Å²) in [5.41, 5.74) is 0. The molecular weight excluding hydrogens is 144 g/mol. The molecule has 1 radical (unpaired) electrons. The number of carbonyl (C=O) groups is 1. The highest BCUT2D eigenvalue weighted by atomic mass is 32.2. The molecule has 0 N–H and O–H groups in total. The molecule has 0 rings (SSSR count). The van der Waals surface area contributed by atoms with Gasteiger partial charge in [-0.05, 0) is 31.8 Å². The van der Waals surface area contributed by atoms with Gasteiger partial charge in [0, 0.05) is 12.8 Å². The van der Waals surface area contributed by atoms with Crippen LogP contribution in [0.1, 0.15) is 25.7 Å². The van der Waals surface area contributed by atoms with E-state index in [2.05, 4.69) is 13.2 Å². The van der Waals surface area contributed by atoms with Crippen molar-refractivity contribution in [2.75, 3.05) is 12.0 Å². The van der Waals surface area contributed by atoms with Gasteiger partial charge in [-0.2, -0.15) is 11.8 Å². The third kappa shape index (κ3) is 6.14. The molecule has 0 aromatic heterocycles. The molecule has 0 aliphatic carbocycles. The first kappa shape index (κ1) is 10.0. The highest BCUT2D eigenvalue weighted by molar-refractivity contribution is 7.98. The second kappa shape index (κ2) is 7.13. The van der Waals surface area contributed by atoms with Crippen LogP contribution in [-0.2, 0) is 4.79 Å². The topological polar surface area (TPSA) is 17.1 Å². The maximum absolute atomic E-state index is 10.7. The Bertz CT molecular complexity index is 91.3. The Balaban J connectivity index is 2.96. The van der Waals surface area contributed by atoms with Gasteiger partial charge in [-0.15, -0.1) is 0 Å². The fourth-order valence-corrected chi connectivity index (χ4v) is 1.19. The van der Waals surface area contributed by atoms with Crippen molar-refractivity contribution in [1.29, 1.82) is 0 Å². The smallest absolute Gasteiger partial charge is 0.132 e. The molecule has 1 nitrogen and oxygen atoms in total. The van der Waals surface area contributed by atoms with Crippen LogP contribution in [0.25, 0.3) is 0 Å². The van der Waals surface area contributed by atoms with Gasteiger partial charge < -0.3 is 0 Å². The number of thioether (sulfide) groups is 1. The molecule has 0 aliphatic rings. The predicted octanol–water partition coefficient (Wildman–Crippen LogP) is 2.31. The zero-order valence-corrected chi connectivity index (χ0v) is 7.38. The number of rotatable bonds is 6. The van der Waals surface area contributed by atoms with Crippen LogP contribution < -0.4 is 0 Å². The second-order valence-electron chi connectivity index (χ2n) is 2.24. The molecule has 0 aliphatic heterocycles. The predicted molar refractivity (Wildman–Crippen MR) is 47.2 cm³/mol. The Morgan fingerprint density at radius 3 is 2.70 bits per heavy atom. The molecule has 2 heteroatoms. The van der Waals surface area contributed by atoms with E-state index in [0.29, 0.717) is 12.2 Å². The molecule has 59 valence electrons. The molecule has 0 atom stereocenters. The number of ketones is 1. The van der Waals surface area contributed by atoms with Crippen LogP contribution in [-0.4, -0.2) is 17.8 Å². The second-order valence-corrected chi connectivity index (χ2v) is 3.22. The summed E-state index contributed by atoms with van der Waals surface area (Å²) in [6, 6.07) is 0. The molecule has 0 fully saturated rings. The van der Waals surface area contributed by atoms with Crippen LogP contribution in [0.5, 0.6) is 0 Å². The molecule has 0 aromatic carbocycles. The summed E-state index contributed by atoms with van der Waals surface area (Å²) in [5, 5.41) is 0. The van der Waals surface area contributed by atoms with Gasteiger partial charge in [0.25, 0.3) is 0 Å². The van der Waals surface area contributed by atoms with E-state index in [-0.39, 0.29) is 0 Å². The maximum Gasteiger partial charge on any atom is 0.132 e. The van der Waals surface area contributed by atoms with E-state index in [0.717, 1.165) is 19.3 Å². The van der Waals surface area contributed by atoms with Crippen molar-refractivity contribution in [2.45, 2.75) is 25.7 Å². The first-order chi connectivity index (χ1) is 4.81. The van der Waals surface area contributed by atoms with Gasteiger partial charge in [0.1, 0.15) is 5.78 Å². The largest absolute Gasteiger partial charge is 0.300 e. The Morgan fingerprint density at radius 1 is 1.50 bits per heavy atom. The molecule has 0 bridgehead atoms. The van der Waals surface area contributed by atoms with E-state index < -0.39 is 0 Å². The molecular formula is C8H15OS. The fraction of sp³-hybridized carbons (Fsp3) is 0.750. The lowest BCUT2D eigenvalue weighted by molar-refractivity contribution is -0.118. The molecule has 0 saturated carbocycles. The maximum atomic E-state index is 10.7. The number of Topliss-reactive ketones (excluding diaryl/α,β-unsaturated/α-hetero) is 1. The molecule has 0 aromatic rings. The summed E-state index contributed by atoms with van der Waals surface area (Å²) in [6.07, 6.45) is 5.47. The average molecular weight is 159 g/mol. The van der Waals surface area contributed by atoms with Crippen LogP contribution >= 0.6 is 11.8 Å². The summed E-state index contributed by atoms with van der Waals surface area (Å²) < 4.78 is 0. The summed E-state index contributed by atoms with van der Waals surface area (Å²) in [7, 11) is 0. The lowest BCUT2D eigenvalue weighted by atomic mass is 10.1. The minimum absolute atomic E-state index is 0.293. The number of unbranched alkanes of at least 4 members (excludes halogenated alkanes) is 1. The van der Waals surface area contributed by atoms with Crippen LogP contribution in [0.4, 0.5) is 0 Å². The van der Waals surface area contributed by atoms with Crippen LogP contribution in [0.15, 0.2) is 0 Å². The van der Waals surface area contributed by atoms with Gasteiger partial charge in [0.15, 0.2) is 0 Å². The third-order valence-electron chi connectivity index (χ3n) is 1.33. The first-order valence-corrected chi connectivity index (χ1v) is 5.00. The lowest BCUT2D eigenvalue weighted by Gasteiger charge is -1.95. The van der Waals surface area contributed by atoms with E-state index >= 15 is 0 Å². The Morgan fingerprint density at radius 2 is 2.20 bits per heavy atom. The van der Waals surface area contributed by atoms with Gasteiger partial charge in [-0.1, -0.05) is 0 Å². The van der Waals surface area contributed by atoms with Crippen molar-refractivity contribution in [3.63, 3.8) is 0 Å². The summed E-state index contributed by atoms with van der Waals surface area (Å²) in [6.45, 7) is 3.53. The van der Waals surface area contributed by atoms with E-state index in [1.807, 2.05) is 11.8 Å². The fourth-order valence-electron chi connectivity index (χ4n) is 0.694.